The maximum atomic E-state index is 10.8. The van der Waals surface area contributed by atoms with E-state index in [-0.39, 0.29) is 0 Å². The predicted molar refractivity (Wildman–Crippen MR) is 80.2 cm³/mol. The van der Waals surface area contributed by atoms with Crippen molar-refractivity contribution < 1.29 is 9.90 Å². The highest BCUT2D eigenvalue weighted by Crippen LogP contribution is 2.16. The second-order valence-electron chi connectivity index (χ2n) is 4.03. The molecule has 2 aromatic carbocycles. The summed E-state index contributed by atoms with van der Waals surface area (Å²) in [6, 6.07) is 17.1. The molecule has 0 saturated carbocycles. The zero-order chi connectivity index (χ0) is 13.5. The summed E-state index contributed by atoms with van der Waals surface area (Å²) in [5.41, 5.74) is 2.52. The van der Waals surface area contributed by atoms with Crippen molar-refractivity contribution in [1.29, 1.82) is 0 Å². The number of carboxylic acids is 1. The number of hydrogen-bond donors (Lipinski definition) is 1. The summed E-state index contributed by atoms with van der Waals surface area (Å²) < 4.78 is 0. The standard InChI is InChI=1S/C16H14O2S/c17-16(18)15-8-4-7-14(11-15)12-19-10-9-13-5-2-1-3-6-13/h1-11H,12H2,(H,17,18). The third-order valence-electron chi connectivity index (χ3n) is 2.58. The fraction of sp³-hybridized carbons (Fsp3) is 0.0625. The van der Waals surface area contributed by atoms with E-state index in [1.807, 2.05) is 47.9 Å². The van der Waals surface area contributed by atoms with Crippen molar-refractivity contribution >= 4 is 23.8 Å². The Morgan fingerprint density at radius 3 is 2.63 bits per heavy atom. The van der Waals surface area contributed by atoms with Crippen LogP contribution in [0.25, 0.3) is 6.08 Å². The number of carboxylic acid groups (broad SMARTS) is 1. The average molecular weight is 270 g/mol. The highest BCUT2D eigenvalue weighted by molar-refractivity contribution is 8.01. The van der Waals surface area contributed by atoms with Gasteiger partial charge in [-0.25, -0.2) is 4.79 Å². The molecule has 0 radical (unpaired) electrons. The fourth-order valence-electron chi connectivity index (χ4n) is 1.63. The highest BCUT2D eigenvalue weighted by Gasteiger charge is 2.02. The lowest BCUT2D eigenvalue weighted by Gasteiger charge is -2.00. The quantitative estimate of drug-likeness (QED) is 0.880. The molecule has 96 valence electrons. The molecule has 0 unspecified atom stereocenters. The van der Waals surface area contributed by atoms with Crippen LogP contribution in [0.15, 0.2) is 60.0 Å². The topological polar surface area (TPSA) is 37.3 Å². The third-order valence-corrected chi connectivity index (χ3v) is 3.41. The first-order valence-electron chi connectivity index (χ1n) is 5.91. The molecule has 1 N–H and O–H groups in total. The van der Waals surface area contributed by atoms with Gasteiger partial charge in [0.2, 0.25) is 0 Å². The number of hydrogen-bond acceptors (Lipinski definition) is 2. The Kier molecular flexibility index (Phi) is 4.81. The van der Waals surface area contributed by atoms with Crippen LogP contribution in [0.5, 0.6) is 0 Å². The van der Waals surface area contributed by atoms with Gasteiger partial charge in [-0.3, -0.25) is 0 Å². The van der Waals surface area contributed by atoms with Gasteiger partial charge in [-0.1, -0.05) is 42.5 Å². The molecular formula is C16H14O2S. The van der Waals surface area contributed by atoms with Crippen LogP contribution in [0, 0.1) is 0 Å². The van der Waals surface area contributed by atoms with E-state index in [2.05, 4.69) is 0 Å². The Labute approximate surface area is 116 Å². The van der Waals surface area contributed by atoms with Crippen LogP contribution in [0.2, 0.25) is 0 Å². The summed E-state index contributed by atoms with van der Waals surface area (Å²) >= 11 is 1.65. The number of benzene rings is 2. The molecule has 0 aliphatic carbocycles. The molecule has 0 aliphatic heterocycles. The van der Waals surface area contributed by atoms with Crippen LogP contribution in [0.3, 0.4) is 0 Å². The van der Waals surface area contributed by atoms with Crippen molar-refractivity contribution in [2.75, 3.05) is 0 Å². The van der Waals surface area contributed by atoms with Crippen LogP contribution in [0.1, 0.15) is 21.5 Å². The SMILES string of the molecule is O=C(O)c1cccc(CSC=Cc2ccccc2)c1. The molecule has 0 aliphatic rings. The van der Waals surface area contributed by atoms with Gasteiger partial charge in [0.15, 0.2) is 0 Å². The summed E-state index contributed by atoms with van der Waals surface area (Å²) in [4.78, 5) is 10.8. The summed E-state index contributed by atoms with van der Waals surface area (Å²) in [6.07, 6.45) is 2.05. The highest BCUT2D eigenvalue weighted by atomic mass is 32.2. The molecule has 0 fully saturated rings. The van der Waals surface area contributed by atoms with Crippen molar-refractivity contribution in [3.63, 3.8) is 0 Å². The van der Waals surface area contributed by atoms with Gasteiger partial charge in [-0.05, 0) is 34.7 Å². The largest absolute Gasteiger partial charge is 0.478 e. The summed E-state index contributed by atoms with van der Waals surface area (Å²) in [7, 11) is 0. The van der Waals surface area contributed by atoms with Gasteiger partial charge in [0.25, 0.3) is 0 Å². The molecular weight excluding hydrogens is 256 g/mol. The fourth-order valence-corrected chi connectivity index (χ4v) is 2.35. The molecule has 19 heavy (non-hydrogen) atoms. The molecule has 0 amide bonds. The minimum Gasteiger partial charge on any atom is -0.478 e. The van der Waals surface area contributed by atoms with Crippen molar-refractivity contribution in [1.82, 2.24) is 0 Å². The number of rotatable bonds is 5. The molecule has 0 saturated heterocycles. The molecule has 0 atom stereocenters. The normalized spacial score (nSPS) is 10.7. The Morgan fingerprint density at radius 1 is 1.11 bits per heavy atom. The first-order chi connectivity index (χ1) is 9.25. The number of carbonyl (C=O) groups is 1. The molecule has 0 spiro atoms. The van der Waals surface area contributed by atoms with E-state index >= 15 is 0 Å². The van der Waals surface area contributed by atoms with E-state index in [0.29, 0.717) is 5.56 Å². The van der Waals surface area contributed by atoms with Gasteiger partial charge in [-0.15, -0.1) is 11.8 Å². The summed E-state index contributed by atoms with van der Waals surface area (Å²) in [6.45, 7) is 0. The van der Waals surface area contributed by atoms with Gasteiger partial charge in [-0.2, -0.15) is 0 Å². The Bertz CT molecular complexity index is 576. The summed E-state index contributed by atoms with van der Waals surface area (Å²) in [5, 5.41) is 10.9. The number of thioether (sulfide) groups is 1. The molecule has 0 aromatic heterocycles. The molecule has 2 rings (SSSR count). The zero-order valence-corrected chi connectivity index (χ0v) is 11.1. The zero-order valence-electron chi connectivity index (χ0n) is 10.3. The predicted octanol–water partition coefficient (Wildman–Crippen LogP) is 4.29. The van der Waals surface area contributed by atoms with E-state index in [0.717, 1.165) is 16.9 Å². The van der Waals surface area contributed by atoms with E-state index in [1.54, 1.807) is 30.0 Å². The maximum absolute atomic E-state index is 10.8. The van der Waals surface area contributed by atoms with Gasteiger partial charge in [0, 0.05) is 5.75 Å². The minimum absolute atomic E-state index is 0.338. The number of aromatic carboxylic acids is 1. The second kappa shape index (κ2) is 6.81. The monoisotopic (exact) mass is 270 g/mol. The van der Waals surface area contributed by atoms with Crippen molar-refractivity contribution in [2.45, 2.75) is 5.75 Å². The van der Waals surface area contributed by atoms with Crippen LogP contribution >= 0.6 is 11.8 Å². The average Bonchev–Trinajstić information content (AvgIpc) is 2.45. The third kappa shape index (κ3) is 4.30. The molecule has 0 heterocycles. The molecule has 3 heteroatoms. The van der Waals surface area contributed by atoms with Crippen molar-refractivity contribution in [2.24, 2.45) is 0 Å². The van der Waals surface area contributed by atoms with Gasteiger partial charge < -0.3 is 5.11 Å². The first-order valence-corrected chi connectivity index (χ1v) is 6.96. The van der Waals surface area contributed by atoms with Crippen molar-refractivity contribution in [3.8, 4) is 0 Å². The van der Waals surface area contributed by atoms with Gasteiger partial charge >= 0.3 is 5.97 Å². The van der Waals surface area contributed by atoms with Crippen LogP contribution < -0.4 is 0 Å². The molecule has 0 bridgehead atoms. The van der Waals surface area contributed by atoms with Crippen molar-refractivity contribution in [3.05, 3.63) is 76.7 Å². The van der Waals surface area contributed by atoms with E-state index in [4.69, 9.17) is 5.11 Å². The van der Waals surface area contributed by atoms with Gasteiger partial charge in [0.1, 0.15) is 0 Å². The Hall–Kier alpha value is -2.00. The lowest BCUT2D eigenvalue weighted by molar-refractivity contribution is 0.0697. The molecule has 2 aromatic rings. The minimum atomic E-state index is -0.883. The molecule has 2 nitrogen and oxygen atoms in total. The van der Waals surface area contributed by atoms with Crippen LogP contribution in [0.4, 0.5) is 0 Å². The second-order valence-corrected chi connectivity index (χ2v) is 4.92. The van der Waals surface area contributed by atoms with E-state index in [9.17, 15) is 4.79 Å². The smallest absolute Gasteiger partial charge is 0.335 e. The first kappa shape index (κ1) is 13.4. The maximum Gasteiger partial charge on any atom is 0.335 e. The van der Waals surface area contributed by atoms with Crippen LogP contribution in [-0.4, -0.2) is 11.1 Å². The lowest BCUT2D eigenvalue weighted by Crippen LogP contribution is -1.96. The van der Waals surface area contributed by atoms with Gasteiger partial charge in [0.05, 0.1) is 5.56 Å². The van der Waals surface area contributed by atoms with E-state index < -0.39 is 5.97 Å². The lowest BCUT2D eigenvalue weighted by atomic mass is 10.1. The van der Waals surface area contributed by atoms with E-state index in [1.165, 1.54) is 0 Å². The van der Waals surface area contributed by atoms with Crippen LogP contribution in [-0.2, 0) is 5.75 Å². The summed E-state index contributed by atoms with van der Waals surface area (Å²) in [5.74, 6) is -0.114. The Morgan fingerprint density at radius 2 is 1.89 bits per heavy atom. The Balaban J connectivity index is 1.91.